The molecular formula is C17H13ClF6N2O2. The molecule has 0 spiro atoms. The number of aromatic nitrogens is 2. The summed E-state index contributed by atoms with van der Waals surface area (Å²) in [5.74, 6) is -1.97. The molecule has 1 saturated carbocycles. The third-order valence-electron chi connectivity index (χ3n) is 4.27. The number of benzene rings is 1. The summed E-state index contributed by atoms with van der Waals surface area (Å²) in [4.78, 5) is 16.1. The van der Waals surface area contributed by atoms with Gasteiger partial charge in [0, 0.05) is 0 Å². The number of rotatable bonds is 3. The molecule has 0 bridgehead atoms. The summed E-state index contributed by atoms with van der Waals surface area (Å²) >= 11 is 6.02. The fourth-order valence-electron chi connectivity index (χ4n) is 3.02. The number of H-pyrrole nitrogens is 1. The zero-order chi connectivity index (χ0) is 20.7. The molecule has 0 saturated heterocycles. The van der Waals surface area contributed by atoms with Gasteiger partial charge in [-0.15, -0.1) is 0 Å². The van der Waals surface area contributed by atoms with Gasteiger partial charge in [-0.2, -0.15) is 26.3 Å². The Morgan fingerprint density at radius 1 is 1.07 bits per heavy atom. The van der Waals surface area contributed by atoms with Crippen LogP contribution in [-0.2, 0) is 12.4 Å². The zero-order valence-electron chi connectivity index (χ0n) is 14.0. The Hall–Kier alpha value is -2.23. The van der Waals surface area contributed by atoms with E-state index in [1.54, 1.807) is 0 Å². The smallest absolute Gasteiger partial charge is 0.449 e. The number of nitrogens with one attached hydrogen (secondary N) is 1. The number of hydrogen-bond acceptors (Lipinski definition) is 3. The van der Waals surface area contributed by atoms with Gasteiger partial charge in [-0.1, -0.05) is 17.7 Å². The van der Waals surface area contributed by atoms with Crippen molar-refractivity contribution < 1.29 is 31.1 Å². The van der Waals surface area contributed by atoms with E-state index in [4.69, 9.17) is 16.3 Å². The van der Waals surface area contributed by atoms with E-state index in [0.29, 0.717) is 0 Å². The van der Waals surface area contributed by atoms with Crippen molar-refractivity contribution in [3.63, 3.8) is 0 Å². The van der Waals surface area contributed by atoms with Gasteiger partial charge < -0.3 is 9.72 Å². The molecule has 0 atom stereocenters. The van der Waals surface area contributed by atoms with E-state index in [0.717, 1.165) is 37.8 Å². The normalized spacial score (nSPS) is 15.8. The second kappa shape index (κ2) is 7.31. The first-order valence-corrected chi connectivity index (χ1v) is 8.60. The topological polar surface area (TPSA) is 55.0 Å². The van der Waals surface area contributed by atoms with Gasteiger partial charge in [0.25, 0.3) is 5.56 Å². The Balaban J connectivity index is 2.13. The standard InChI is InChI=1S/C17H13ClF6N2O2/c18-10-6-5-8(7-11(10)28-9-3-1-2-4-9)12-13(16(19,20)21)25-15(17(22,23)24)26-14(12)27/h5-7,9H,1-4H2,(H,25,26,27). The zero-order valence-corrected chi connectivity index (χ0v) is 14.8. The highest BCUT2D eigenvalue weighted by Crippen LogP contribution is 2.38. The highest BCUT2D eigenvalue weighted by molar-refractivity contribution is 6.32. The molecule has 2 aromatic rings. The van der Waals surface area contributed by atoms with Crippen LogP contribution in [0.4, 0.5) is 26.3 Å². The quantitative estimate of drug-likeness (QED) is 0.664. The summed E-state index contributed by atoms with van der Waals surface area (Å²) < 4.78 is 84.1. The van der Waals surface area contributed by atoms with Gasteiger partial charge in [-0.25, -0.2) is 4.98 Å². The van der Waals surface area contributed by atoms with Crippen molar-refractivity contribution in [2.45, 2.75) is 44.1 Å². The van der Waals surface area contributed by atoms with Crippen molar-refractivity contribution in [1.82, 2.24) is 9.97 Å². The largest absolute Gasteiger partial charge is 0.489 e. The van der Waals surface area contributed by atoms with Crippen LogP contribution in [-0.4, -0.2) is 16.1 Å². The Labute approximate surface area is 159 Å². The second-order valence-corrected chi connectivity index (χ2v) is 6.71. The van der Waals surface area contributed by atoms with E-state index in [2.05, 4.69) is 4.98 Å². The van der Waals surface area contributed by atoms with Crippen molar-refractivity contribution in [2.24, 2.45) is 0 Å². The van der Waals surface area contributed by atoms with Crippen molar-refractivity contribution in [1.29, 1.82) is 0 Å². The lowest BCUT2D eigenvalue weighted by Gasteiger charge is -2.17. The molecule has 1 N–H and O–H groups in total. The van der Waals surface area contributed by atoms with Gasteiger partial charge in [0.15, 0.2) is 5.69 Å². The molecule has 0 aliphatic heterocycles. The molecule has 1 heterocycles. The minimum absolute atomic E-state index is 0.0542. The third-order valence-corrected chi connectivity index (χ3v) is 4.58. The lowest BCUT2D eigenvalue weighted by Crippen LogP contribution is -2.26. The molecule has 4 nitrogen and oxygen atoms in total. The Bertz CT molecular complexity index is 933. The lowest BCUT2D eigenvalue weighted by molar-refractivity contribution is -0.152. The predicted molar refractivity (Wildman–Crippen MR) is 88.2 cm³/mol. The Morgan fingerprint density at radius 2 is 1.71 bits per heavy atom. The third kappa shape index (κ3) is 4.26. The molecule has 0 unspecified atom stereocenters. The number of hydrogen-bond donors (Lipinski definition) is 1. The molecule has 0 radical (unpaired) electrons. The van der Waals surface area contributed by atoms with E-state index in [1.807, 2.05) is 0 Å². The van der Waals surface area contributed by atoms with Crippen molar-refractivity contribution in [3.05, 3.63) is 45.1 Å². The van der Waals surface area contributed by atoms with E-state index in [1.165, 1.54) is 11.1 Å². The second-order valence-electron chi connectivity index (χ2n) is 6.30. The van der Waals surface area contributed by atoms with Crippen LogP contribution in [0, 0.1) is 0 Å². The molecule has 0 amide bonds. The van der Waals surface area contributed by atoms with Gasteiger partial charge in [-0.3, -0.25) is 4.79 Å². The lowest BCUT2D eigenvalue weighted by atomic mass is 10.0. The van der Waals surface area contributed by atoms with Gasteiger partial charge in [0.2, 0.25) is 5.82 Å². The van der Waals surface area contributed by atoms with Crippen LogP contribution in [0.15, 0.2) is 23.0 Å². The number of nitrogens with zero attached hydrogens (tertiary/aromatic N) is 1. The fourth-order valence-corrected chi connectivity index (χ4v) is 3.18. The molecule has 1 aromatic carbocycles. The van der Waals surface area contributed by atoms with Crippen LogP contribution in [0.2, 0.25) is 5.02 Å². The minimum atomic E-state index is -5.28. The maximum Gasteiger partial charge on any atom is 0.449 e. The first-order valence-electron chi connectivity index (χ1n) is 8.22. The molecular weight excluding hydrogens is 414 g/mol. The molecule has 11 heteroatoms. The highest BCUT2D eigenvalue weighted by atomic mass is 35.5. The van der Waals surface area contributed by atoms with Gasteiger partial charge in [0.05, 0.1) is 16.7 Å². The van der Waals surface area contributed by atoms with Crippen LogP contribution in [0.1, 0.15) is 37.2 Å². The minimum Gasteiger partial charge on any atom is -0.489 e. The van der Waals surface area contributed by atoms with E-state index in [-0.39, 0.29) is 22.4 Å². The number of aromatic amines is 1. The van der Waals surface area contributed by atoms with Gasteiger partial charge in [0.1, 0.15) is 5.75 Å². The van der Waals surface area contributed by atoms with Crippen molar-refractivity contribution in [3.8, 4) is 16.9 Å². The SMILES string of the molecule is O=c1[nH]c(C(F)(F)F)nc(C(F)(F)F)c1-c1ccc(Cl)c(OC2CCCC2)c1. The molecule has 1 aliphatic rings. The number of halogens is 7. The first-order chi connectivity index (χ1) is 13.0. The summed E-state index contributed by atoms with van der Waals surface area (Å²) in [7, 11) is 0. The van der Waals surface area contributed by atoms with Crippen LogP contribution in [0.25, 0.3) is 11.1 Å². The summed E-state index contributed by atoms with van der Waals surface area (Å²) in [6.07, 6.45) is -7.33. The Kier molecular flexibility index (Phi) is 5.35. The summed E-state index contributed by atoms with van der Waals surface area (Å²) in [5, 5.41) is 0.112. The average molecular weight is 427 g/mol. The van der Waals surface area contributed by atoms with Gasteiger partial charge in [-0.05, 0) is 43.4 Å². The fraction of sp³-hybridized carbons (Fsp3) is 0.412. The monoisotopic (exact) mass is 426 g/mol. The van der Waals surface area contributed by atoms with Crippen molar-refractivity contribution >= 4 is 11.6 Å². The van der Waals surface area contributed by atoms with Crippen LogP contribution >= 0.6 is 11.6 Å². The van der Waals surface area contributed by atoms with Crippen LogP contribution in [0.5, 0.6) is 5.75 Å². The van der Waals surface area contributed by atoms with E-state index < -0.39 is 35.0 Å². The van der Waals surface area contributed by atoms with Crippen LogP contribution < -0.4 is 10.3 Å². The molecule has 3 rings (SSSR count). The molecule has 1 aliphatic carbocycles. The van der Waals surface area contributed by atoms with E-state index >= 15 is 0 Å². The molecule has 1 aromatic heterocycles. The first kappa shape index (κ1) is 20.5. The maximum absolute atomic E-state index is 13.3. The summed E-state index contributed by atoms with van der Waals surface area (Å²) in [5.41, 5.74) is -4.83. The highest BCUT2D eigenvalue weighted by Gasteiger charge is 2.42. The van der Waals surface area contributed by atoms with Crippen LogP contribution in [0.3, 0.4) is 0 Å². The van der Waals surface area contributed by atoms with E-state index in [9.17, 15) is 31.1 Å². The van der Waals surface area contributed by atoms with Crippen molar-refractivity contribution in [2.75, 3.05) is 0 Å². The number of ether oxygens (including phenoxy) is 1. The predicted octanol–water partition coefficient (Wildman–Crippen LogP) is 5.45. The summed E-state index contributed by atoms with van der Waals surface area (Å²) in [6, 6.07) is 3.42. The molecule has 152 valence electrons. The van der Waals surface area contributed by atoms with Gasteiger partial charge >= 0.3 is 12.4 Å². The molecule has 28 heavy (non-hydrogen) atoms. The Morgan fingerprint density at radius 3 is 2.29 bits per heavy atom. The molecule has 1 fully saturated rings. The summed E-state index contributed by atoms with van der Waals surface area (Å²) in [6.45, 7) is 0. The number of alkyl halides is 6. The maximum atomic E-state index is 13.3. The average Bonchev–Trinajstić information content (AvgIpc) is 3.08.